The molecule has 2 aromatic rings. The van der Waals surface area contributed by atoms with E-state index in [0.717, 1.165) is 15.7 Å². The molecule has 0 heterocycles. The molecule has 2 rings (SSSR count). The average molecular weight is 371 g/mol. The highest BCUT2D eigenvalue weighted by Crippen LogP contribution is 2.23. The van der Waals surface area contributed by atoms with E-state index in [0.29, 0.717) is 10.0 Å². The fraction of sp³-hybridized carbons (Fsp3) is 0. The van der Waals surface area contributed by atoms with Gasteiger partial charge in [0.2, 0.25) is 5.91 Å². The van der Waals surface area contributed by atoms with Crippen molar-refractivity contribution in [3.05, 3.63) is 68.6 Å². The zero-order valence-corrected chi connectivity index (χ0v) is 13.3. The first-order valence-electron chi connectivity index (χ1n) is 5.75. The molecule has 1 N–H and O–H groups in total. The number of halogens is 3. The van der Waals surface area contributed by atoms with Crippen LogP contribution in [0.5, 0.6) is 0 Å². The highest BCUT2D eigenvalue weighted by atomic mass is 79.9. The van der Waals surface area contributed by atoms with Crippen LogP contribution in [0.15, 0.2) is 53.0 Å². The first-order chi connectivity index (χ1) is 9.56. The van der Waals surface area contributed by atoms with Crippen molar-refractivity contribution in [3.8, 4) is 0 Å². The zero-order valence-electron chi connectivity index (χ0n) is 10.2. The average Bonchev–Trinajstić information content (AvgIpc) is 2.43. The Morgan fingerprint density at radius 1 is 1.10 bits per heavy atom. The van der Waals surface area contributed by atoms with Crippen molar-refractivity contribution >= 4 is 56.8 Å². The van der Waals surface area contributed by atoms with E-state index >= 15 is 0 Å². The maximum Gasteiger partial charge on any atom is 0.248 e. The lowest BCUT2D eigenvalue weighted by Crippen LogP contribution is -2.07. The van der Waals surface area contributed by atoms with Gasteiger partial charge in [-0.3, -0.25) is 4.79 Å². The standard InChI is InChI=1S/C15H10BrCl2NO/c16-11-3-1-2-4-14(11)19-15(20)8-6-10-5-7-12(17)13(18)9-10/h1-9H,(H,19,20). The second-order valence-corrected chi connectivity index (χ2v) is 5.64. The minimum absolute atomic E-state index is 0.219. The molecule has 2 nitrogen and oxygen atoms in total. The van der Waals surface area contributed by atoms with Crippen LogP contribution < -0.4 is 5.32 Å². The fourth-order valence-electron chi connectivity index (χ4n) is 1.52. The smallest absolute Gasteiger partial charge is 0.248 e. The molecule has 0 spiro atoms. The molecular weight excluding hydrogens is 361 g/mol. The number of hydrogen-bond donors (Lipinski definition) is 1. The quantitative estimate of drug-likeness (QED) is 0.719. The third-order valence-corrected chi connectivity index (χ3v) is 3.93. The summed E-state index contributed by atoms with van der Waals surface area (Å²) in [4.78, 5) is 11.8. The number of rotatable bonds is 3. The van der Waals surface area contributed by atoms with Crippen molar-refractivity contribution in [1.82, 2.24) is 0 Å². The summed E-state index contributed by atoms with van der Waals surface area (Å²) in [5.74, 6) is -0.219. The number of anilines is 1. The normalized spacial score (nSPS) is 10.8. The van der Waals surface area contributed by atoms with Gasteiger partial charge in [0.05, 0.1) is 15.7 Å². The summed E-state index contributed by atoms with van der Waals surface area (Å²) in [5.41, 5.74) is 1.53. The Hall–Kier alpha value is -1.29. The van der Waals surface area contributed by atoms with Crippen LogP contribution in [0.3, 0.4) is 0 Å². The maximum atomic E-state index is 11.8. The van der Waals surface area contributed by atoms with Crippen LogP contribution in [0, 0.1) is 0 Å². The molecule has 0 bridgehead atoms. The van der Waals surface area contributed by atoms with Crippen LogP contribution >= 0.6 is 39.1 Å². The van der Waals surface area contributed by atoms with Crippen molar-refractivity contribution in [2.24, 2.45) is 0 Å². The van der Waals surface area contributed by atoms with Gasteiger partial charge >= 0.3 is 0 Å². The highest BCUT2D eigenvalue weighted by Gasteiger charge is 2.02. The minimum Gasteiger partial charge on any atom is -0.321 e. The Balaban J connectivity index is 2.06. The molecule has 0 fully saturated rings. The summed E-state index contributed by atoms with van der Waals surface area (Å²) < 4.78 is 0.830. The summed E-state index contributed by atoms with van der Waals surface area (Å²) in [6, 6.07) is 12.6. The van der Waals surface area contributed by atoms with Gasteiger partial charge in [-0.1, -0.05) is 41.4 Å². The van der Waals surface area contributed by atoms with E-state index in [4.69, 9.17) is 23.2 Å². The zero-order chi connectivity index (χ0) is 14.5. The first kappa shape index (κ1) is 15.1. The summed E-state index contributed by atoms with van der Waals surface area (Å²) in [5, 5.41) is 3.72. The maximum absolute atomic E-state index is 11.8. The largest absolute Gasteiger partial charge is 0.321 e. The predicted octanol–water partition coefficient (Wildman–Crippen LogP) is 5.41. The molecule has 0 aliphatic carbocycles. The van der Waals surface area contributed by atoms with E-state index < -0.39 is 0 Å². The topological polar surface area (TPSA) is 29.1 Å². The fourth-order valence-corrected chi connectivity index (χ4v) is 2.22. The molecule has 2 aromatic carbocycles. The Bertz CT molecular complexity index is 671. The lowest BCUT2D eigenvalue weighted by atomic mass is 10.2. The van der Waals surface area contributed by atoms with Crippen molar-refractivity contribution in [2.75, 3.05) is 5.32 Å². The van der Waals surface area contributed by atoms with Gasteiger partial charge in [0.1, 0.15) is 0 Å². The molecule has 20 heavy (non-hydrogen) atoms. The van der Waals surface area contributed by atoms with E-state index in [1.807, 2.05) is 24.3 Å². The van der Waals surface area contributed by atoms with Gasteiger partial charge in [0.15, 0.2) is 0 Å². The van der Waals surface area contributed by atoms with Crippen LogP contribution in [-0.2, 0) is 4.79 Å². The van der Waals surface area contributed by atoms with E-state index in [1.165, 1.54) is 6.08 Å². The third kappa shape index (κ3) is 4.10. The Labute approximate surface area is 135 Å². The number of hydrogen-bond acceptors (Lipinski definition) is 1. The Kier molecular flexibility index (Phi) is 5.24. The molecule has 0 unspecified atom stereocenters. The van der Waals surface area contributed by atoms with Crippen molar-refractivity contribution < 1.29 is 4.79 Å². The summed E-state index contributed by atoms with van der Waals surface area (Å²) in [6.45, 7) is 0. The molecular formula is C15H10BrCl2NO. The van der Waals surface area contributed by atoms with Crippen LogP contribution in [0.25, 0.3) is 6.08 Å². The van der Waals surface area contributed by atoms with E-state index in [9.17, 15) is 4.79 Å². The molecule has 0 saturated heterocycles. The predicted molar refractivity (Wildman–Crippen MR) is 88.3 cm³/mol. The molecule has 0 aliphatic rings. The van der Waals surface area contributed by atoms with Gasteiger partial charge in [0.25, 0.3) is 0 Å². The first-order valence-corrected chi connectivity index (χ1v) is 7.30. The summed E-state index contributed by atoms with van der Waals surface area (Å²) in [6.07, 6.45) is 3.12. The Morgan fingerprint density at radius 2 is 1.85 bits per heavy atom. The number of para-hydroxylation sites is 1. The lowest BCUT2D eigenvalue weighted by molar-refractivity contribution is -0.111. The van der Waals surface area contributed by atoms with Gasteiger partial charge in [-0.05, 0) is 51.8 Å². The third-order valence-electron chi connectivity index (χ3n) is 2.50. The SMILES string of the molecule is O=C(C=Cc1ccc(Cl)c(Cl)c1)Nc1ccccc1Br. The van der Waals surface area contributed by atoms with E-state index in [2.05, 4.69) is 21.2 Å². The van der Waals surface area contributed by atoms with Crippen molar-refractivity contribution in [3.63, 3.8) is 0 Å². The van der Waals surface area contributed by atoms with Gasteiger partial charge in [-0.25, -0.2) is 0 Å². The highest BCUT2D eigenvalue weighted by molar-refractivity contribution is 9.10. The number of carbonyl (C=O) groups excluding carboxylic acids is 1. The van der Waals surface area contributed by atoms with Crippen LogP contribution in [0.2, 0.25) is 10.0 Å². The number of benzene rings is 2. The van der Waals surface area contributed by atoms with Crippen LogP contribution in [0.1, 0.15) is 5.56 Å². The van der Waals surface area contributed by atoms with Crippen LogP contribution in [-0.4, -0.2) is 5.91 Å². The van der Waals surface area contributed by atoms with Gasteiger partial charge in [0, 0.05) is 10.5 Å². The lowest BCUT2D eigenvalue weighted by Gasteiger charge is -2.04. The molecule has 1 amide bonds. The number of nitrogens with one attached hydrogen (secondary N) is 1. The van der Waals surface area contributed by atoms with Gasteiger partial charge < -0.3 is 5.32 Å². The molecule has 0 aliphatic heterocycles. The second kappa shape index (κ2) is 6.93. The molecule has 0 aromatic heterocycles. The van der Waals surface area contributed by atoms with Crippen molar-refractivity contribution in [2.45, 2.75) is 0 Å². The monoisotopic (exact) mass is 369 g/mol. The molecule has 102 valence electrons. The molecule has 0 saturated carbocycles. The van der Waals surface area contributed by atoms with E-state index in [-0.39, 0.29) is 5.91 Å². The summed E-state index contributed by atoms with van der Waals surface area (Å²) >= 11 is 15.1. The molecule has 0 radical (unpaired) electrons. The van der Waals surface area contributed by atoms with Gasteiger partial charge in [-0.15, -0.1) is 0 Å². The minimum atomic E-state index is -0.219. The molecule has 0 atom stereocenters. The van der Waals surface area contributed by atoms with Gasteiger partial charge in [-0.2, -0.15) is 0 Å². The number of carbonyl (C=O) groups is 1. The number of amides is 1. The molecule has 5 heteroatoms. The van der Waals surface area contributed by atoms with Crippen LogP contribution in [0.4, 0.5) is 5.69 Å². The van der Waals surface area contributed by atoms with Crippen molar-refractivity contribution in [1.29, 1.82) is 0 Å². The van der Waals surface area contributed by atoms with E-state index in [1.54, 1.807) is 24.3 Å². The summed E-state index contributed by atoms with van der Waals surface area (Å²) in [7, 11) is 0. The Morgan fingerprint density at radius 3 is 2.55 bits per heavy atom. The second-order valence-electron chi connectivity index (χ2n) is 3.98.